The number of fused-ring (bicyclic) bond motifs is 6. The lowest BCUT2D eigenvalue weighted by Crippen LogP contribution is -1.86. The lowest BCUT2D eigenvalue weighted by Gasteiger charge is -2.12. The van der Waals surface area contributed by atoms with Crippen molar-refractivity contribution in [3.8, 4) is 0 Å². The Morgan fingerprint density at radius 2 is 1.25 bits per heavy atom. The van der Waals surface area contributed by atoms with Crippen LogP contribution in [0, 0.1) is 0 Å². The van der Waals surface area contributed by atoms with Gasteiger partial charge in [-0.15, -0.1) is 0 Å². The molecule has 5 aromatic rings. The fourth-order valence-electron chi connectivity index (χ4n) is 4.29. The molecule has 0 nitrogen and oxygen atoms in total. The van der Waals surface area contributed by atoms with Gasteiger partial charge in [-0.3, -0.25) is 0 Å². The van der Waals surface area contributed by atoms with Crippen molar-refractivity contribution in [1.82, 2.24) is 0 Å². The molecule has 5 aromatic carbocycles. The van der Waals surface area contributed by atoms with E-state index in [9.17, 15) is 0 Å². The van der Waals surface area contributed by atoms with E-state index in [-0.39, 0.29) is 0 Å². The lowest BCUT2D eigenvalue weighted by molar-refractivity contribution is 1.76. The maximum absolute atomic E-state index is 2.36. The molecule has 0 spiro atoms. The van der Waals surface area contributed by atoms with Crippen LogP contribution >= 0.6 is 0 Å². The maximum Gasteiger partial charge on any atom is -0.00259 e. The second-order valence-electron chi connectivity index (χ2n) is 6.61. The van der Waals surface area contributed by atoms with Gasteiger partial charge in [0.05, 0.1) is 0 Å². The summed E-state index contributed by atoms with van der Waals surface area (Å²) in [5.41, 5.74) is 2.71. The SMILES string of the molecule is C1=Cc2c3ccccc3cc3c2c1cc1c2ccccc2ccc31. The average Bonchev–Trinajstić information content (AvgIpc) is 3.07. The van der Waals surface area contributed by atoms with Gasteiger partial charge in [-0.05, 0) is 66.3 Å². The van der Waals surface area contributed by atoms with Crippen molar-refractivity contribution in [3.63, 3.8) is 0 Å². The maximum atomic E-state index is 2.36. The summed E-state index contributed by atoms with van der Waals surface area (Å²) in [5, 5.41) is 10.8. The first kappa shape index (κ1) is 12.3. The van der Waals surface area contributed by atoms with Gasteiger partial charge in [0.1, 0.15) is 0 Å². The molecule has 0 atom stereocenters. The molecule has 0 aromatic heterocycles. The topological polar surface area (TPSA) is 0 Å². The lowest BCUT2D eigenvalue weighted by atomic mass is 9.91. The fraction of sp³-hybridized carbons (Fsp3) is 0. The fourth-order valence-corrected chi connectivity index (χ4v) is 4.29. The molecule has 1 aliphatic rings. The summed E-state index contributed by atoms with van der Waals surface area (Å²) in [5.74, 6) is 0. The van der Waals surface area contributed by atoms with E-state index in [4.69, 9.17) is 0 Å². The number of rotatable bonds is 0. The number of hydrogen-bond acceptors (Lipinski definition) is 0. The summed E-state index contributed by atoms with van der Waals surface area (Å²) in [6.45, 7) is 0. The normalized spacial score (nSPS) is 12.8. The molecule has 110 valence electrons. The third kappa shape index (κ3) is 1.43. The summed E-state index contributed by atoms with van der Waals surface area (Å²) in [4.78, 5) is 0. The molecule has 0 heteroatoms. The molecule has 24 heavy (non-hydrogen) atoms. The van der Waals surface area contributed by atoms with E-state index in [2.05, 4.69) is 84.9 Å². The Kier molecular flexibility index (Phi) is 2.18. The highest BCUT2D eigenvalue weighted by Gasteiger charge is 2.16. The molecule has 0 bridgehead atoms. The molecule has 0 amide bonds. The monoisotopic (exact) mass is 302 g/mol. The van der Waals surface area contributed by atoms with E-state index in [1.54, 1.807) is 0 Å². The molecule has 0 heterocycles. The van der Waals surface area contributed by atoms with Crippen LogP contribution in [0.15, 0.2) is 72.8 Å². The van der Waals surface area contributed by atoms with Crippen molar-refractivity contribution < 1.29 is 0 Å². The van der Waals surface area contributed by atoms with Crippen molar-refractivity contribution in [3.05, 3.63) is 83.9 Å². The van der Waals surface area contributed by atoms with Crippen LogP contribution in [-0.4, -0.2) is 0 Å². The zero-order valence-electron chi connectivity index (χ0n) is 13.1. The van der Waals surface area contributed by atoms with Crippen LogP contribution < -0.4 is 0 Å². The van der Waals surface area contributed by atoms with Crippen LogP contribution in [0.2, 0.25) is 0 Å². The van der Waals surface area contributed by atoms with E-state index in [0.717, 1.165) is 0 Å². The smallest absolute Gasteiger partial charge is 0.00259 e. The minimum Gasteiger partial charge on any atom is -0.0616 e. The summed E-state index contributed by atoms with van der Waals surface area (Å²) in [6.07, 6.45) is 4.55. The van der Waals surface area contributed by atoms with E-state index in [1.807, 2.05) is 0 Å². The Morgan fingerprint density at radius 1 is 0.458 bits per heavy atom. The first-order valence-electron chi connectivity index (χ1n) is 8.38. The third-order valence-electron chi connectivity index (χ3n) is 5.37. The zero-order valence-corrected chi connectivity index (χ0v) is 13.1. The minimum absolute atomic E-state index is 1.31. The van der Waals surface area contributed by atoms with Gasteiger partial charge in [0.25, 0.3) is 0 Å². The molecule has 6 rings (SSSR count). The molecular weight excluding hydrogens is 288 g/mol. The van der Waals surface area contributed by atoms with Crippen LogP contribution in [-0.2, 0) is 0 Å². The van der Waals surface area contributed by atoms with E-state index < -0.39 is 0 Å². The molecule has 0 fully saturated rings. The highest BCUT2D eigenvalue weighted by Crippen LogP contribution is 2.42. The second-order valence-corrected chi connectivity index (χ2v) is 6.61. The Morgan fingerprint density at radius 3 is 2.17 bits per heavy atom. The van der Waals surface area contributed by atoms with E-state index >= 15 is 0 Å². The van der Waals surface area contributed by atoms with Crippen LogP contribution in [0.3, 0.4) is 0 Å². The molecule has 0 aliphatic heterocycles. The Balaban J connectivity index is 1.95. The minimum atomic E-state index is 1.31. The van der Waals surface area contributed by atoms with Gasteiger partial charge in [-0.1, -0.05) is 72.8 Å². The van der Waals surface area contributed by atoms with E-state index in [1.165, 1.54) is 54.2 Å². The summed E-state index contributed by atoms with van der Waals surface area (Å²) in [6, 6.07) is 26.6. The van der Waals surface area contributed by atoms with Crippen molar-refractivity contribution >= 4 is 55.2 Å². The molecule has 0 N–H and O–H groups in total. The van der Waals surface area contributed by atoms with Crippen LogP contribution in [0.1, 0.15) is 11.1 Å². The van der Waals surface area contributed by atoms with Gasteiger partial charge in [-0.2, -0.15) is 0 Å². The van der Waals surface area contributed by atoms with Gasteiger partial charge < -0.3 is 0 Å². The zero-order chi connectivity index (χ0) is 15.7. The van der Waals surface area contributed by atoms with Crippen molar-refractivity contribution in [1.29, 1.82) is 0 Å². The van der Waals surface area contributed by atoms with E-state index in [0.29, 0.717) is 0 Å². The van der Waals surface area contributed by atoms with Crippen LogP contribution in [0.25, 0.3) is 55.2 Å². The Labute approximate surface area is 139 Å². The first-order valence-corrected chi connectivity index (χ1v) is 8.38. The summed E-state index contributed by atoms with van der Waals surface area (Å²) >= 11 is 0. The van der Waals surface area contributed by atoms with Gasteiger partial charge in [0.15, 0.2) is 0 Å². The van der Waals surface area contributed by atoms with Gasteiger partial charge in [-0.25, -0.2) is 0 Å². The van der Waals surface area contributed by atoms with Gasteiger partial charge in [0, 0.05) is 0 Å². The predicted octanol–water partition coefficient (Wildman–Crippen LogP) is 6.78. The first-order chi connectivity index (χ1) is 11.9. The van der Waals surface area contributed by atoms with Gasteiger partial charge in [0.2, 0.25) is 0 Å². The predicted molar refractivity (Wildman–Crippen MR) is 105 cm³/mol. The largest absolute Gasteiger partial charge is 0.0616 e. The standard InChI is InChI=1S/C24H14/c1-3-7-18-15(5-1)9-11-20-22(18)14-17-10-12-21-19-8-4-2-6-16(19)13-23(20)24(17)21/h1-14H. The highest BCUT2D eigenvalue weighted by atomic mass is 14.2. The molecule has 0 radical (unpaired) electrons. The quantitative estimate of drug-likeness (QED) is 0.214. The third-order valence-corrected chi connectivity index (χ3v) is 5.37. The Bertz CT molecular complexity index is 1340. The van der Waals surface area contributed by atoms with Crippen LogP contribution in [0.5, 0.6) is 0 Å². The van der Waals surface area contributed by atoms with Crippen molar-refractivity contribution in [2.24, 2.45) is 0 Å². The molecule has 0 saturated carbocycles. The Hall–Kier alpha value is -3.12. The highest BCUT2D eigenvalue weighted by molar-refractivity contribution is 6.25. The summed E-state index contributed by atoms with van der Waals surface area (Å²) in [7, 11) is 0. The summed E-state index contributed by atoms with van der Waals surface area (Å²) < 4.78 is 0. The molecule has 0 saturated heterocycles. The molecule has 0 unspecified atom stereocenters. The number of benzene rings is 5. The molecular formula is C24H14. The van der Waals surface area contributed by atoms with Crippen molar-refractivity contribution in [2.45, 2.75) is 0 Å². The van der Waals surface area contributed by atoms with Crippen LogP contribution in [0.4, 0.5) is 0 Å². The second kappa shape index (κ2) is 4.24. The molecule has 1 aliphatic carbocycles. The number of hydrogen-bond donors (Lipinski definition) is 0. The van der Waals surface area contributed by atoms with Crippen molar-refractivity contribution in [2.75, 3.05) is 0 Å². The average molecular weight is 302 g/mol. The van der Waals surface area contributed by atoms with Gasteiger partial charge >= 0.3 is 0 Å².